The first-order chi connectivity index (χ1) is 10.7. The molecule has 0 spiro atoms. The van der Waals surface area contributed by atoms with Gasteiger partial charge in [-0.1, -0.05) is 6.07 Å². The Morgan fingerprint density at radius 1 is 1.35 bits per heavy atom. The summed E-state index contributed by atoms with van der Waals surface area (Å²) in [6, 6.07) is 4.54. The van der Waals surface area contributed by atoms with Crippen molar-refractivity contribution in [3.8, 4) is 0 Å². The molecule has 1 aliphatic rings. The number of hydrogen-bond acceptors (Lipinski definition) is 4. The Kier molecular flexibility index (Phi) is 5.06. The largest absolute Gasteiger partial charge is 0.480 e. The molecule has 1 heterocycles. The van der Waals surface area contributed by atoms with Crippen molar-refractivity contribution in [2.24, 2.45) is 0 Å². The zero-order valence-electron chi connectivity index (χ0n) is 13.0. The second-order valence-electron chi connectivity index (χ2n) is 5.80. The summed E-state index contributed by atoms with van der Waals surface area (Å²) in [5.74, 6) is -1.50. The van der Waals surface area contributed by atoms with E-state index in [0.717, 1.165) is 0 Å². The number of carboxylic acid groups (broad SMARTS) is 1. The van der Waals surface area contributed by atoms with Crippen molar-refractivity contribution in [1.29, 1.82) is 0 Å². The molecule has 7 nitrogen and oxygen atoms in total. The molecule has 23 heavy (non-hydrogen) atoms. The predicted molar refractivity (Wildman–Crippen MR) is 83.6 cm³/mol. The number of carboxylic acids is 1. The van der Waals surface area contributed by atoms with E-state index in [0.29, 0.717) is 19.4 Å². The van der Waals surface area contributed by atoms with Crippen LogP contribution in [0.15, 0.2) is 29.2 Å². The lowest BCUT2D eigenvalue weighted by Gasteiger charge is -2.21. The van der Waals surface area contributed by atoms with Gasteiger partial charge < -0.3 is 10.0 Å². The fraction of sp³-hybridized carbons (Fsp3) is 0.467. The van der Waals surface area contributed by atoms with Gasteiger partial charge >= 0.3 is 5.97 Å². The van der Waals surface area contributed by atoms with Crippen LogP contribution in [0.25, 0.3) is 0 Å². The minimum Gasteiger partial charge on any atom is -0.480 e. The number of hydrogen-bond donors (Lipinski definition) is 2. The van der Waals surface area contributed by atoms with Crippen molar-refractivity contribution in [2.75, 3.05) is 6.54 Å². The summed E-state index contributed by atoms with van der Waals surface area (Å²) < 4.78 is 26.8. The van der Waals surface area contributed by atoms with Gasteiger partial charge in [-0.3, -0.25) is 4.79 Å². The van der Waals surface area contributed by atoms with Crippen molar-refractivity contribution < 1.29 is 23.1 Å². The molecule has 1 atom stereocenters. The van der Waals surface area contributed by atoms with Crippen LogP contribution in [-0.4, -0.2) is 48.9 Å². The Morgan fingerprint density at radius 2 is 2.04 bits per heavy atom. The van der Waals surface area contributed by atoms with E-state index >= 15 is 0 Å². The summed E-state index contributed by atoms with van der Waals surface area (Å²) in [5, 5.41) is 9.16. The summed E-state index contributed by atoms with van der Waals surface area (Å²) in [5.41, 5.74) is 0.171. The molecular weight excluding hydrogens is 320 g/mol. The molecule has 0 aliphatic carbocycles. The smallest absolute Gasteiger partial charge is 0.326 e. The third-order valence-electron chi connectivity index (χ3n) is 3.58. The van der Waals surface area contributed by atoms with Crippen LogP contribution in [0, 0.1) is 0 Å². The highest BCUT2D eigenvalue weighted by atomic mass is 32.2. The van der Waals surface area contributed by atoms with Crippen LogP contribution in [-0.2, 0) is 14.8 Å². The molecule has 2 N–H and O–H groups in total. The van der Waals surface area contributed by atoms with E-state index in [4.69, 9.17) is 5.11 Å². The molecule has 1 amide bonds. The predicted octanol–water partition coefficient (Wildman–Crippen LogP) is 1.06. The van der Waals surface area contributed by atoms with Gasteiger partial charge in [0.2, 0.25) is 10.0 Å². The van der Waals surface area contributed by atoms with Gasteiger partial charge in [0.15, 0.2) is 0 Å². The number of nitrogens with one attached hydrogen (secondary N) is 1. The van der Waals surface area contributed by atoms with E-state index in [9.17, 15) is 18.0 Å². The maximum atomic E-state index is 12.5. The van der Waals surface area contributed by atoms with E-state index in [1.807, 2.05) is 0 Å². The number of nitrogens with zero attached hydrogens (tertiary/aromatic N) is 1. The SMILES string of the molecule is CC(C)NS(=O)(=O)c1cccc(C(=O)N2CCC[C@H]2C(=O)O)c1. The zero-order valence-corrected chi connectivity index (χ0v) is 13.8. The van der Waals surface area contributed by atoms with Gasteiger partial charge in [0.1, 0.15) is 6.04 Å². The first-order valence-electron chi connectivity index (χ1n) is 7.38. The lowest BCUT2D eigenvalue weighted by Crippen LogP contribution is -2.40. The van der Waals surface area contributed by atoms with Gasteiger partial charge in [-0.05, 0) is 44.9 Å². The highest BCUT2D eigenvalue weighted by Gasteiger charge is 2.34. The molecule has 1 saturated heterocycles. The number of benzene rings is 1. The number of carbonyl (C=O) groups is 2. The fourth-order valence-corrected chi connectivity index (χ4v) is 3.90. The van der Waals surface area contributed by atoms with Crippen molar-refractivity contribution in [2.45, 2.75) is 43.7 Å². The van der Waals surface area contributed by atoms with E-state index in [1.54, 1.807) is 13.8 Å². The van der Waals surface area contributed by atoms with Crippen LogP contribution < -0.4 is 4.72 Å². The average molecular weight is 340 g/mol. The molecule has 2 rings (SSSR count). The summed E-state index contributed by atoms with van der Waals surface area (Å²) >= 11 is 0. The normalized spacial score (nSPS) is 18.4. The van der Waals surface area contributed by atoms with Crippen LogP contribution in [0.1, 0.15) is 37.0 Å². The van der Waals surface area contributed by atoms with Crippen molar-refractivity contribution >= 4 is 21.9 Å². The Bertz CT molecular complexity index is 714. The number of aliphatic carboxylic acids is 1. The molecule has 0 bridgehead atoms. The molecule has 0 aromatic heterocycles. The number of sulfonamides is 1. The molecule has 8 heteroatoms. The van der Waals surface area contributed by atoms with E-state index in [-0.39, 0.29) is 16.5 Å². The minimum absolute atomic E-state index is 0.0110. The van der Waals surface area contributed by atoms with Crippen LogP contribution in [0.4, 0.5) is 0 Å². The second-order valence-corrected chi connectivity index (χ2v) is 7.51. The lowest BCUT2D eigenvalue weighted by molar-refractivity contribution is -0.141. The molecule has 0 radical (unpaired) electrons. The van der Waals surface area contributed by atoms with Gasteiger partial charge in [-0.2, -0.15) is 0 Å². The summed E-state index contributed by atoms with van der Waals surface area (Å²) in [6.45, 7) is 3.76. The Labute approximate surface area is 135 Å². The molecule has 126 valence electrons. The number of rotatable bonds is 5. The van der Waals surface area contributed by atoms with Crippen LogP contribution in [0.3, 0.4) is 0 Å². The van der Waals surface area contributed by atoms with E-state index in [1.165, 1.54) is 29.2 Å². The Balaban J connectivity index is 2.29. The van der Waals surface area contributed by atoms with Crippen molar-refractivity contribution in [1.82, 2.24) is 9.62 Å². The molecule has 1 aliphatic heterocycles. The van der Waals surface area contributed by atoms with Gasteiger partial charge in [-0.25, -0.2) is 17.9 Å². The third-order valence-corrected chi connectivity index (χ3v) is 5.24. The molecule has 1 aromatic carbocycles. The number of likely N-dealkylation sites (tertiary alicyclic amines) is 1. The van der Waals surface area contributed by atoms with Crippen molar-refractivity contribution in [3.05, 3.63) is 29.8 Å². The maximum absolute atomic E-state index is 12.5. The maximum Gasteiger partial charge on any atom is 0.326 e. The zero-order chi connectivity index (χ0) is 17.2. The van der Waals surface area contributed by atoms with Crippen molar-refractivity contribution in [3.63, 3.8) is 0 Å². The first-order valence-corrected chi connectivity index (χ1v) is 8.87. The highest BCUT2D eigenvalue weighted by molar-refractivity contribution is 7.89. The standard InChI is InChI=1S/C15H20N2O5S/c1-10(2)16-23(21,22)12-6-3-5-11(9-12)14(18)17-8-4-7-13(17)15(19)20/h3,5-6,9-10,13,16H,4,7-8H2,1-2H3,(H,19,20)/t13-/m0/s1. The van der Waals surface area contributed by atoms with Crippen LogP contribution >= 0.6 is 0 Å². The monoisotopic (exact) mass is 340 g/mol. The van der Waals surface area contributed by atoms with E-state index < -0.39 is 27.9 Å². The summed E-state index contributed by atoms with van der Waals surface area (Å²) in [6.07, 6.45) is 1.03. The summed E-state index contributed by atoms with van der Waals surface area (Å²) in [7, 11) is -3.71. The second kappa shape index (κ2) is 6.67. The van der Waals surface area contributed by atoms with Crippen LogP contribution in [0.2, 0.25) is 0 Å². The molecule has 0 unspecified atom stereocenters. The van der Waals surface area contributed by atoms with E-state index in [2.05, 4.69) is 4.72 Å². The summed E-state index contributed by atoms with van der Waals surface area (Å²) in [4.78, 5) is 25.0. The van der Waals surface area contributed by atoms with Gasteiger partial charge in [0, 0.05) is 18.2 Å². The van der Waals surface area contributed by atoms with Gasteiger partial charge in [-0.15, -0.1) is 0 Å². The van der Waals surface area contributed by atoms with Crippen LogP contribution in [0.5, 0.6) is 0 Å². The average Bonchev–Trinajstić information content (AvgIpc) is 2.95. The third kappa shape index (κ3) is 3.89. The molecule has 1 aromatic rings. The Morgan fingerprint density at radius 3 is 2.65 bits per heavy atom. The number of carbonyl (C=O) groups excluding carboxylic acids is 1. The molecular formula is C15H20N2O5S. The minimum atomic E-state index is -3.71. The number of amides is 1. The molecule has 0 saturated carbocycles. The first kappa shape index (κ1) is 17.4. The Hall–Kier alpha value is -1.93. The topological polar surface area (TPSA) is 104 Å². The lowest BCUT2D eigenvalue weighted by atomic mass is 10.1. The quantitative estimate of drug-likeness (QED) is 0.834. The fourth-order valence-electron chi connectivity index (χ4n) is 2.61. The van der Waals surface area contributed by atoms with Gasteiger partial charge in [0.25, 0.3) is 5.91 Å². The molecule has 1 fully saturated rings. The highest BCUT2D eigenvalue weighted by Crippen LogP contribution is 2.21. The van der Waals surface area contributed by atoms with Gasteiger partial charge in [0.05, 0.1) is 4.90 Å².